The number of ether oxygens (including phenoxy) is 1. The molecule has 0 unspecified atom stereocenters. The summed E-state index contributed by atoms with van der Waals surface area (Å²) in [5, 5.41) is 2.84. The molecule has 1 N–H and O–H groups in total. The summed E-state index contributed by atoms with van der Waals surface area (Å²) >= 11 is 3.40. The molecule has 0 bridgehead atoms. The van der Waals surface area contributed by atoms with Gasteiger partial charge in [-0.2, -0.15) is 0 Å². The number of hydrogen-bond acceptors (Lipinski definition) is 4. The lowest BCUT2D eigenvalue weighted by molar-refractivity contribution is -0.116. The zero-order chi connectivity index (χ0) is 17.6. The molecule has 0 aliphatic rings. The second kappa shape index (κ2) is 7.98. The molecule has 0 fully saturated rings. The topological polar surface area (TPSA) is 64.4 Å². The van der Waals surface area contributed by atoms with Crippen molar-refractivity contribution in [2.24, 2.45) is 0 Å². The van der Waals surface area contributed by atoms with Crippen LogP contribution in [0.25, 0.3) is 11.3 Å². The van der Waals surface area contributed by atoms with Crippen LogP contribution in [0.5, 0.6) is 5.75 Å². The quantitative estimate of drug-likeness (QED) is 0.651. The van der Waals surface area contributed by atoms with Crippen LogP contribution in [-0.2, 0) is 11.2 Å². The third-order valence-corrected chi connectivity index (χ3v) is 4.15. The van der Waals surface area contributed by atoms with Gasteiger partial charge in [0.25, 0.3) is 0 Å². The highest BCUT2D eigenvalue weighted by Gasteiger charge is 2.09. The van der Waals surface area contributed by atoms with Crippen LogP contribution in [0, 0.1) is 0 Å². The van der Waals surface area contributed by atoms with E-state index in [-0.39, 0.29) is 5.91 Å². The molecule has 3 aromatic rings. The number of oxazole rings is 1. The first-order valence-electron chi connectivity index (χ1n) is 7.78. The van der Waals surface area contributed by atoms with Gasteiger partial charge in [0.05, 0.1) is 13.3 Å². The molecule has 25 heavy (non-hydrogen) atoms. The first-order chi connectivity index (χ1) is 12.1. The number of aryl methyl sites for hydroxylation is 1. The van der Waals surface area contributed by atoms with Crippen LogP contribution >= 0.6 is 15.9 Å². The Balaban J connectivity index is 1.54. The van der Waals surface area contributed by atoms with E-state index in [0.29, 0.717) is 24.5 Å². The van der Waals surface area contributed by atoms with Gasteiger partial charge in [0.1, 0.15) is 5.75 Å². The zero-order valence-corrected chi connectivity index (χ0v) is 15.2. The van der Waals surface area contributed by atoms with Crippen molar-refractivity contribution in [1.82, 2.24) is 4.98 Å². The maximum atomic E-state index is 12.0. The number of carbonyl (C=O) groups is 1. The molecular formula is C19H17BrN2O3. The molecule has 0 saturated carbocycles. The molecule has 1 heterocycles. The minimum atomic E-state index is -0.0893. The van der Waals surface area contributed by atoms with E-state index < -0.39 is 0 Å². The van der Waals surface area contributed by atoms with Crippen LogP contribution in [0.3, 0.4) is 0 Å². The average Bonchev–Trinajstić information content (AvgIpc) is 3.10. The Morgan fingerprint density at radius 2 is 1.88 bits per heavy atom. The van der Waals surface area contributed by atoms with Crippen molar-refractivity contribution in [2.75, 3.05) is 12.4 Å². The highest BCUT2D eigenvalue weighted by Crippen LogP contribution is 2.23. The predicted molar refractivity (Wildman–Crippen MR) is 99.6 cm³/mol. The number of rotatable bonds is 6. The monoisotopic (exact) mass is 400 g/mol. The van der Waals surface area contributed by atoms with E-state index in [1.165, 1.54) is 0 Å². The molecule has 1 amide bonds. The molecule has 5 nitrogen and oxygen atoms in total. The highest BCUT2D eigenvalue weighted by atomic mass is 79.9. The summed E-state index contributed by atoms with van der Waals surface area (Å²) in [6.45, 7) is 0. The summed E-state index contributed by atoms with van der Waals surface area (Å²) < 4.78 is 11.8. The molecule has 0 saturated heterocycles. The van der Waals surface area contributed by atoms with Crippen LogP contribution in [0.15, 0.2) is 63.6 Å². The van der Waals surface area contributed by atoms with Crippen LogP contribution in [0.1, 0.15) is 12.3 Å². The van der Waals surface area contributed by atoms with Gasteiger partial charge in [-0.05, 0) is 36.4 Å². The van der Waals surface area contributed by atoms with Gasteiger partial charge in [-0.3, -0.25) is 4.79 Å². The fourth-order valence-corrected chi connectivity index (χ4v) is 2.56. The van der Waals surface area contributed by atoms with Crippen LogP contribution in [0.2, 0.25) is 0 Å². The summed E-state index contributed by atoms with van der Waals surface area (Å²) in [5.41, 5.74) is 1.68. The number of nitrogens with one attached hydrogen (secondary N) is 1. The molecule has 128 valence electrons. The minimum absolute atomic E-state index is 0.0893. The van der Waals surface area contributed by atoms with Gasteiger partial charge in [-0.1, -0.05) is 28.1 Å². The van der Waals surface area contributed by atoms with Gasteiger partial charge in [0.15, 0.2) is 11.7 Å². The molecule has 0 atom stereocenters. The van der Waals surface area contributed by atoms with Gasteiger partial charge in [-0.25, -0.2) is 4.98 Å². The third kappa shape index (κ3) is 4.70. The van der Waals surface area contributed by atoms with Gasteiger partial charge in [0.2, 0.25) is 5.91 Å². The number of benzene rings is 2. The van der Waals surface area contributed by atoms with Crippen molar-refractivity contribution >= 4 is 27.5 Å². The second-order valence-corrected chi connectivity index (χ2v) is 6.32. The van der Waals surface area contributed by atoms with Crippen molar-refractivity contribution in [3.05, 3.63) is 65.1 Å². The molecular weight excluding hydrogens is 384 g/mol. The normalized spacial score (nSPS) is 10.5. The van der Waals surface area contributed by atoms with E-state index in [9.17, 15) is 4.79 Å². The Hall–Kier alpha value is -2.60. The van der Waals surface area contributed by atoms with Gasteiger partial charge < -0.3 is 14.5 Å². The number of hydrogen-bond donors (Lipinski definition) is 1. The van der Waals surface area contributed by atoms with E-state index in [1.54, 1.807) is 37.6 Å². The number of nitrogens with zero attached hydrogens (tertiary/aromatic N) is 1. The van der Waals surface area contributed by atoms with Crippen molar-refractivity contribution in [2.45, 2.75) is 12.8 Å². The van der Waals surface area contributed by atoms with E-state index >= 15 is 0 Å². The molecule has 0 spiro atoms. The Morgan fingerprint density at radius 3 is 2.56 bits per heavy atom. The smallest absolute Gasteiger partial charge is 0.224 e. The summed E-state index contributed by atoms with van der Waals surface area (Å²) in [7, 11) is 1.60. The second-order valence-electron chi connectivity index (χ2n) is 5.40. The summed E-state index contributed by atoms with van der Waals surface area (Å²) in [6.07, 6.45) is 2.42. The zero-order valence-electron chi connectivity index (χ0n) is 13.7. The largest absolute Gasteiger partial charge is 0.497 e. The van der Waals surface area contributed by atoms with Crippen molar-refractivity contribution in [1.29, 1.82) is 0 Å². The van der Waals surface area contributed by atoms with E-state index in [2.05, 4.69) is 26.2 Å². The average molecular weight is 401 g/mol. The number of anilines is 1. The molecule has 3 rings (SSSR count). The molecule has 0 aliphatic carbocycles. The lowest BCUT2D eigenvalue weighted by Crippen LogP contribution is -2.12. The van der Waals surface area contributed by atoms with E-state index in [1.807, 2.05) is 24.3 Å². The molecule has 6 heteroatoms. The summed E-state index contributed by atoms with van der Waals surface area (Å²) in [5.74, 6) is 1.90. The predicted octanol–water partition coefficient (Wildman–Crippen LogP) is 4.68. The van der Waals surface area contributed by atoms with Crippen molar-refractivity contribution in [3.8, 4) is 17.1 Å². The third-order valence-electron chi connectivity index (χ3n) is 3.62. The maximum Gasteiger partial charge on any atom is 0.224 e. The molecule has 0 aliphatic heterocycles. The standard InChI is InChI=1S/C19H17BrN2O3/c1-24-16-8-6-15(7-9-16)22-18(23)10-11-19-21-12-17(25-19)13-2-4-14(20)5-3-13/h2-9,12H,10-11H2,1H3,(H,22,23). The van der Waals surface area contributed by atoms with Crippen LogP contribution < -0.4 is 10.1 Å². The van der Waals surface area contributed by atoms with Crippen molar-refractivity contribution in [3.63, 3.8) is 0 Å². The maximum absolute atomic E-state index is 12.0. The Labute approximate surface area is 154 Å². The van der Waals surface area contributed by atoms with Gasteiger partial charge in [0, 0.05) is 28.6 Å². The number of aromatic nitrogens is 1. The number of halogens is 1. The molecule has 1 aromatic heterocycles. The summed E-state index contributed by atoms with van der Waals surface area (Å²) in [6, 6.07) is 15.0. The van der Waals surface area contributed by atoms with Crippen LogP contribution in [0.4, 0.5) is 5.69 Å². The lowest BCUT2D eigenvalue weighted by Gasteiger charge is -2.05. The van der Waals surface area contributed by atoms with E-state index in [0.717, 1.165) is 21.5 Å². The van der Waals surface area contributed by atoms with E-state index in [4.69, 9.17) is 9.15 Å². The minimum Gasteiger partial charge on any atom is -0.497 e. The van der Waals surface area contributed by atoms with Crippen LogP contribution in [-0.4, -0.2) is 18.0 Å². The molecule has 0 radical (unpaired) electrons. The first kappa shape index (κ1) is 17.2. The lowest BCUT2D eigenvalue weighted by atomic mass is 10.2. The Kier molecular flexibility index (Phi) is 5.50. The fraction of sp³-hybridized carbons (Fsp3) is 0.158. The van der Waals surface area contributed by atoms with Gasteiger partial charge >= 0.3 is 0 Å². The Bertz CT molecular complexity index is 842. The first-order valence-corrected chi connectivity index (χ1v) is 8.58. The molecule has 2 aromatic carbocycles. The van der Waals surface area contributed by atoms with Gasteiger partial charge in [-0.15, -0.1) is 0 Å². The fourth-order valence-electron chi connectivity index (χ4n) is 2.29. The Morgan fingerprint density at radius 1 is 1.16 bits per heavy atom. The SMILES string of the molecule is COc1ccc(NC(=O)CCc2ncc(-c3ccc(Br)cc3)o2)cc1. The van der Waals surface area contributed by atoms with Crippen molar-refractivity contribution < 1.29 is 13.9 Å². The highest BCUT2D eigenvalue weighted by molar-refractivity contribution is 9.10. The number of carbonyl (C=O) groups excluding carboxylic acids is 1. The number of methoxy groups -OCH3 is 1. The number of amides is 1. The summed E-state index contributed by atoms with van der Waals surface area (Å²) in [4.78, 5) is 16.3.